The number of hydrogen-bond donors (Lipinski definition) is 1. The molecule has 1 aromatic carbocycles. The van der Waals surface area contributed by atoms with Crippen molar-refractivity contribution in [1.29, 1.82) is 0 Å². The van der Waals surface area contributed by atoms with Crippen molar-refractivity contribution in [3.63, 3.8) is 0 Å². The summed E-state index contributed by atoms with van der Waals surface area (Å²) in [7, 11) is 0. The fourth-order valence-electron chi connectivity index (χ4n) is 2.04. The van der Waals surface area contributed by atoms with E-state index in [0.717, 1.165) is 0 Å². The second-order valence-electron chi connectivity index (χ2n) is 4.29. The van der Waals surface area contributed by atoms with Gasteiger partial charge < -0.3 is 10.0 Å². The van der Waals surface area contributed by atoms with E-state index in [1.54, 1.807) is 19.1 Å². The van der Waals surface area contributed by atoms with Crippen molar-refractivity contribution < 1.29 is 19.5 Å². The van der Waals surface area contributed by atoms with E-state index in [0.29, 0.717) is 17.1 Å². The number of Topliss-reactive ketones (excluding diaryl/α,β-unsaturated/α-hetero) is 1. The van der Waals surface area contributed by atoms with Crippen LogP contribution in [-0.2, 0) is 9.59 Å². The minimum absolute atomic E-state index is 0.0503. The third-order valence-corrected chi connectivity index (χ3v) is 3.34. The Bertz CT molecular complexity index is 636. The van der Waals surface area contributed by atoms with Gasteiger partial charge in [0.1, 0.15) is 0 Å². The van der Waals surface area contributed by atoms with Crippen LogP contribution in [0.15, 0.2) is 29.8 Å². The Morgan fingerprint density at radius 3 is 2.70 bits per heavy atom. The van der Waals surface area contributed by atoms with Crippen LogP contribution in [-0.4, -0.2) is 29.3 Å². The lowest BCUT2D eigenvalue weighted by Gasteiger charge is -2.14. The number of aliphatic carboxylic acids is 1. The number of carboxylic acid groups (broad SMARTS) is 1. The summed E-state index contributed by atoms with van der Waals surface area (Å²) in [5.41, 5.74) is 0.915. The van der Waals surface area contributed by atoms with Crippen molar-refractivity contribution in [3.05, 3.63) is 40.4 Å². The molecule has 0 aliphatic carbocycles. The Kier molecular flexibility index (Phi) is 3.90. The van der Waals surface area contributed by atoms with E-state index in [1.165, 1.54) is 17.0 Å². The van der Waals surface area contributed by atoms with Gasteiger partial charge in [0.05, 0.1) is 11.3 Å². The molecule has 1 aliphatic heterocycles. The highest BCUT2D eigenvalue weighted by Gasteiger charge is 2.35. The van der Waals surface area contributed by atoms with Crippen molar-refractivity contribution in [3.8, 4) is 0 Å². The molecule has 6 heteroatoms. The van der Waals surface area contributed by atoms with E-state index in [2.05, 4.69) is 0 Å². The molecule has 0 saturated heterocycles. The van der Waals surface area contributed by atoms with E-state index in [1.807, 2.05) is 0 Å². The van der Waals surface area contributed by atoms with Crippen LogP contribution < -0.4 is 4.90 Å². The molecular weight excluding hydrogens is 282 g/mol. The minimum atomic E-state index is -1.03. The fourth-order valence-corrected chi connectivity index (χ4v) is 2.21. The molecule has 1 heterocycles. The molecule has 20 heavy (non-hydrogen) atoms. The van der Waals surface area contributed by atoms with Crippen molar-refractivity contribution in [2.75, 3.05) is 11.4 Å². The maximum atomic E-state index is 11.9. The molecule has 0 fully saturated rings. The molecule has 1 amide bonds. The second kappa shape index (κ2) is 5.46. The summed E-state index contributed by atoms with van der Waals surface area (Å²) in [6.07, 6.45) is 1.79. The quantitative estimate of drug-likeness (QED) is 0.683. The second-order valence-corrected chi connectivity index (χ2v) is 4.73. The number of ketones is 1. The first-order chi connectivity index (χ1) is 9.45. The predicted molar refractivity (Wildman–Crippen MR) is 74.1 cm³/mol. The number of anilines is 1. The maximum absolute atomic E-state index is 11.9. The van der Waals surface area contributed by atoms with Gasteiger partial charge in [-0.15, -0.1) is 0 Å². The monoisotopic (exact) mass is 293 g/mol. The highest BCUT2D eigenvalue weighted by atomic mass is 35.5. The van der Waals surface area contributed by atoms with E-state index < -0.39 is 17.7 Å². The zero-order chi connectivity index (χ0) is 14.9. The topological polar surface area (TPSA) is 74.7 Å². The zero-order valence-electron chi connectivity index (χ0n) is 10.7. The molecule has 1 N–H and O–H groups in total. The third-order valence-electron chi connectivity index (χ3n) is 3.11. The number of carbonyl (C=O) groups is 3. The number of fused-ring (bicyclic) bond motifs is 1. The van der Waals surface area contributed by atoms with Crippen LogP contribution in [0.5, 0.6) is 0 Å². The van der Waals surface area contributed by atoms with Gasteiger partial charge in [0, 0.05) is 17.1 Å². The fraction of sp³-hybridized carbons (Fsp3) is 0.214. The first kappa shape index (κ1) is 14.3. The van der Waals surface area contributed by atoms with E-state index in [4.69, 9.17) is 16.7 Å². The van der Waals surface area contributed by atoms with Gasteiger partial charge in [-0.25, -0.2) is 4.79 Å². The number of carbonyl (C=O) groups excluding carboxylic acids is 2. The zero-order valence-corrected chi connectivity index (χ0v) is 11.5. The van der Waals surface area contributed by atoms with Crippen LogP contribution >= 0.6 is 11.6 Å². The maximum Gasteiger partial charge on any atom is 0.331 e. The third kappa shape index (κ3) is 2.44. The molecule has 1 aromatic rings. The predicted octanol–water partition coefficient (Wildman–Crippen LogP) is 2.29. The van der Waals surface area contributed by atoms with Crippen LogP contribution in [0.25, 0.3) is 0 Å². The molecule has 2 rings (SSSR count). The Labute approximate surface area is 120 Å². The van der Waals surface area contributed by atoms with Gasteiger partial charge >= 0.3 is 5.97 Å². The minimum Gasteiger partial charge on any atom is -0.478 e. The Morgan fingerprint density at radius 1 is 1.40 bits per heavy atom. The van der Waals surface area contributed by atoms with Crippen LogP contribution in [0, 0.1) is 0 Å². The van der Waals surface area contributed by atoms with E-state index >= 15 is 0 Å². The summed E-state index contributed by atoms with van der Waals surface area (Å²) in [6, 6.07) is 4.61. The summed E-state index contributed by atoms with van der Waals surface area (Å²) < 4.78 is 0. The molecule has 0 bridgehead atoms. The smallest absolute Gasteiger partial charge is 0.331 e. The SMILES string of the molecule is CCC(=CCN1C(=O)C(=O)c2cc(Cl)ccc21)C(=O)O. The molecular formula is C14H12ClNO4. The van der Waals surface area contributed by atoms with Crippen molar-refractivity contribution in [2.45, 2.75) is 13.3 Å². The highest BCUT2D eigenvalue weighted by Crippen LogP contribution is 2.31. The van der Waals surface area contributed by atoms with Gasteiger partial charge in [0.25, 0.3) is 11.7 Å². The van der Waals surface area contributed by atoms with Gasteiger partial charge in [-0.3, -0.25) is 9.59 Å². The average molecular weight is 294 g/mol. The lowest BCUT2D eigenvalue weighted by molar-refractivity contribution is -0.132. The lowest BCUT2D eigenvalue weighted by atomic mass is 10.1. The Morgan fingerprint density at radius 2 is 2.10 bits per heavy atom. The van der Waals surface area contributed by atoms with E-state index in [9.17, 15) is 14.4 Å². The number of rotatable bonds is 4. The van der Waals surface area contributed by atoms with Gasteiger partial charge in [-0.1, -0.05) is 24.6 Å². The van der Waals surface area contributed by atoms with Gasteiger partial charge in [-0.05, 0) is 24.6 Å². The summed E-state index contributed by atoms with van der Waals surface area (Å²) in [5, 5.41) is 9.32. The van der Waals surface area contributed by atoms with Crippen LogP contribution in [0.3, 0.4) is 0 Å². The number of nitrogens with zero attached hydrogens (tertiary/aromatic N) is 1. The first-order valence-corrected chi connectivity index (χ1v) is 6.41. The lowest BCUT2D eigenvalue weighted by Crippen LogP contribution is -2.30. The summed E-state index contributed by atoms with van der Waals surface area (Å²) in [6.45, 7) is 1.76. The largest absolute Gasteiger partial charge is 0.478 e. The van der Waals surface area contributed by atoms with Crippen molar-refractivity contribution in [2.24, 2.45) is 0 Å². The molecule has 104 valence electrons. The normalized spacial score (nSPS) is 14.7. The summed E-state index contributed by atoms with van der Waals surface area (Å²) in [5.74, 6) is -2.31. The number of amides is 1. The van der Waals surface area contributed by atoms with Crippen LogP contribution in [0.2, 0.25) is 5.02 Å². The van der Waals surface area contributed by atoms with Gasteiger partial charge in [0.2, 0.25) is 0 Å². The summed E-state index contributed by atoms with van der Waals surface area (Å²) in [4.78, 5) is 35.9. The Hall–Kier alpha value is -2.14. The van der Waals surface area contributed by atoms with Crippen molar-refractivity contribution >= 4 is 34.9 Å². The number of carboxylic acids is 1. The van der Waals surface area contributed by atoms with Crippen LogP contribution in [0.4, 0.5) is 5.69 Å². The highest BCUT2D eigenvalue weighted by molar-refractivity contribution is 6.52. The molecule has 5 nitrogen and oxygen atoms in total. The number of hydrogen-bond acceptors (Lipinski definition) is 3. The van der Waals surface area contributed by atoms with Crippen molar-refractivity contribution in [1.82, 2.24) is 0 Å². The molecule has 0 spiro atoms. The van der Waals surface area contributed by atoms with Crippen LogP contribution in [0.1, 0.15) is 23.7 Å². The van der Waals surface area contributed by atoms with E-state index in [-0.39, 0.29) is 17.7 Å². The average Bonchev–Trinajstić information content (AvgIpc) is 2.64. The molecule has 0 unspecified atom stereocenters. The molecule has 0 atom stereocenters. The summed E-state index contributed by atoms with van der Waals surface area (Å²) >= 11 is 5.80. The standard InChI is InChI=1S/C14H12ClNO4/c1-2-8(14(19)20)5-6-16-11-4-3-9(15)7-10(11)12(17)13(16)18/h3-5,7H,2,6H2,1H3,(H,19,20). The molecule has 1 aliphatic rings. The molecule has 0 radical (unpaired) electrons. The number of halogens is 1. The molecule has 0 aromatic heterocycles. The number of benzene rings is 1. The van der Waals surface area contributed by atoms with Gasteiger partial charge in [-0.2, -0.15) is 0 Å². The first-order valence-electron chi connectivity index (χ1n) is 6.03. The molecule has 0 saturated carbocycles. The Balaban J connectivity index is 2.33. The van der Waals surface area contributed by atoms with Gasteiger partial charge in [0.15, 0.2) is 0 Å².